The van der Waals surface area contributed by atoms with E-state index in [-0.39, 0.29) is 74.7 Å². The number of hydrogen-bond acceptors (Lipinski definition) is 14. The number of amides is 5. The molecule has 1 aromatic heterocycles. The number of carbonyl (C=O) groups is 5. The molecule has 4 aromatic rings. The van der Waals surface area contributed by atoms with Crippen LogP contribution in [0.15, 0.2) is 60.7 Å². The van der Waals surface area contributed by atoms with Gasteiger partial charge >= 0.3 is 0 Å². The molecule has 4 atom stereocenters. The van der Waals surface area contributed by atoms with Gasteiger partial charge in [0, 0.05) is 43.2 Å². The lowest BCUT2D eigenvalue weighted by Crippen LogP contribution is -2.56. The highest BCUT2D eigenvalue weighted by Crippen LogP contribution is 2.40. The van der Waals surface area contributed by atoms with Crippen LogP contribution in [0.4, 0.5) is 5.82 Å². The van der Waals surface area contributed by atoms with Crippen LogP contribution in [0.3, 0.4) is 0 Å². The summed E-state index contributed by atoms with van der Waals surface area (Å²) in [6.45, 7) is 9.66. The van der Waals surface area contributed by atoms with E-state index in [1.165, 1.54) is 14.0 Å². The second-order valence-electron chi connectivity index (χ2n) is 16.9. The zero-order valence-corrected chi connectivity index (χ0v) is 38.2. The largest absolute Gasteiger partial charge is 0.492 e. The van der Waals surface area contributed by atoms with Gasteiger partial charge in [-0.25, -0.2) is 9.97 Å². The molecule has 0 fully saturated rings. The van der Waals surface area contributed by atoms with Crippen molar-refractivity contribution in [3.8, 4) is 40.1 Å². The van der Waals surface area contributed by atoms with Gasteiger partial charge in [0.15, 0.2) is 5.82 Å². The number of nitriles is 1. The van der Waals surface area contributed by atoms with Gasteiger partial charge < -0.3 is 58.6 Å². The smallest absolute Gasteiger partial charge is 0.257 e. The van der Waals surface area contributed by atoms with Gasteiger partial charge in [0.05, 0.1) is 11.8 Å². The van der Waals surface area contributed by atoms with E-state index in [4.69, 9.17) is 37.7 Å². The van der Waals surface area contributed by atoms with Crippen LogP contribution < -0.4 is 53.7 Å². The normalized spacial score (nSPS) is 16.6. The van der Waals surface area contributed by atoms with Gasteiger partial charge in [-0.3, -0.25) is 24.0 Å². The summed E-state index contributed by atoms with van der Waals surface area (Å²) in [5.41, 5.74) is 27.9. The van der Waals surface area contributed by atoms with Gasteiger partial charge in [-0.2, -0.15) is 5.26 Å². The van der Waals surface area contributed by atoms with Crippen LogP contribution in [-0.4, -0.2) is 109 Å². The first-order valence-electron chi connectivity index (χ1n) is 21.6. The van der Waals surface area contributed by atoms with Gasteiger partial charge in [0.25, 0.3) is 5.91 Å². The van der Waals surface area contributed by atoms with Gasteiger partial charge in [-0.05, 0) is 73.2 Å². The van der Waals surface area contributed by atoms with Crippen LogP contribution in [0.25, 0.3) is 22.5 Å². The van der Waals surface area contributed by atoms with Crippen LogP contribution in [0, 0.1) is 18.3 Å². The summed E-state index contributed by atoms with van der Waals surface area (Å²) in [5, 5.41) is 19.8. The summed E-state index contributed by atoms with van der Waals surface area (Å²) in [6, 6.07) is 14.6. The topological polar surface area (TPSA) is 309 Å². The molecule has 4 bridgehead atoms. The number of aromatic nitrogens is 2. The predicted octanol–water partition coefficient (Wildman–Crippen LogP) is 1.51. The summed E-state index contributed by atoms with van der Waals surface area (Å²) >= 11 is 0. The fraction of sp³-hybridized carbons (Fsp3) is 0.404. The van der Waals surface area contributed by atoms with Crippen LogP contribution in [-0.2, 0) is 31.0 Å². The number of rotatable bonds is 15. The van der Waals surface area contributed by atoms with Crippen molar-refractivity contribution in [2.45, 2.75) is 77.0 Å². The Bertz CT molecular complexity index is 2440. The second kappa shape index (κ2) is 22.2. The molecule has 350 valence electrons. The van der Waals surface area contributed by atoms with E-state index in [9.17, 15) is 24.0 Å². The van der Waals surface area contributed by atoms with E-state index in [2.05, 4.69) is 52.0 Å². The average molecular weight is 905 g/mol. The highest BCUT2D eigenvalue weighted by Gasteiger charge is 2.36. The van der Waals surface area contributed by atoms with Crippen molar-refractivity contribution in [3.63, 3.8) is 0 Å². The molecule has 12 N–H and O–H groups in total. The van der Waals surface area contributed by atoms with Crippen molar-refractivity contribution in [2.24, 2.45) is 17.2 Å². The van der Waals surface area contributed by atoms with Crippen LogP contribution in [0.5, 0.6) is 11.5 Å². The summed E-state index contributed by atoms with van der Waals surface area (Å²) in [6.07, 6.45) is -0.0470. The molecule has 1 unspecified atom stereocenters. The first-order valence-corrected chi connectivity index (χ1v) is 21.6. The Morgan fingerprint density at radius 1 is 0.909 bits per heavy atom. The zero-order valence-electron chi connectivity index (χ0n) is 38.2. The highest BCUT2D eigenvalue weighted by atomic mass is 16.5. The Morgan fingerprint density at radius 3 is 2.14 bits per heavy atom. The standard InChI is InChI=1S/C47H60N12O7/c1-26-38(40(52)58-41(54-26)29-8-11-31(12-9-29)47(3,4)5)44(62)56-34(15-16-48)46(64)59(6)39-30-10-14-37(66-22-19-51)33(25-30)32-23-28(7-13-36(32)65-21-18-50)24-35(43(61)53-20-17-49)57-42(60)27(2)55-45(39)63/h7-14,23,25,27,34-35,39H,15-16,18-22,24,48,50-51H2,1-6H3,(H,53,61)(H,55,63)(H,56,62)(H,57,60)(H2,52,54,58)/t27-,34?,35-,39-/m0/s1. The van der Waals surface area contributed by atoms with E-state index in [1.807, 2.05) is 30.3 Å². The van der Waals surface area contributed by atoms with E-state index < -0.39 is 53.7 Å². The molecular weight excluding hydrogens is 845 g/mol. The molecule has 19 heteroatoms. The maximum Gasteiger partial charge on any atom is 0.257 e. The quantitative estimate of drug-likeness (QED) is 0.0785. The molecule has 1 aliphatic rings. The maximum atomic E-state index is 14.7. The van der Waals surface area contributed by atoms with Crippen molar-refractivity contribution in [1.82, 2.24) is 36.1 Å². The maximum absolute atomic E-state index is 14.7. The van der Waals surface area contributed by atoms with Crippen molar-refractivity contribution in [3.05, 3.63) is 88.6 Å². The molecule has 0 spiro atoms. The highest BCUT2D eigenvalue weighted by molar-refractivity contribution is 6.02. The Kier molecular flexibility index (Phi) is 16.8. The van der Waals surface area contributed by atoms with E-state index in [0.29, 0.717) is 45.1 Å². The molecule has 5 amide bonds. The lowest BCUT2D eigenvalue weighted by atomic mass is 9.86. The molecule has 0 radical (unpaired) electrons. The Hall–Kier alpha value is -7.14. The fourth-order valence-electron chi connectivity index (χ4n) is 7.48. The van der Waals surface area contributed by atoms with Crippen LogP contribution >= 0.6 is 0 Å². The summed E-state index contributed by atoms with van der Waals surface area (Å²) in [5.74, 6) is -2.59. The SMILES string of the molecule is Cc1nc(-c2ccc(C(C)(C)C)cc2)nc(N)c1C(=O)NC(CCN)C(=O)N(C)[C@@H]1C(=O)N[C@@H](C)C(=O)N[C@H](C(=O)NCC#N)Cc2ccc(OCCN)c(c2)-c2cc1ccc2OCCN. The average Bonchev–Trinajstić information content (AvgIpc) is 3.28. The van der Waals surface area contributed by atoms with Gasteiger partial charge in [0.2, 0.25) is 23.6 Å². The molecule has 2 heterocycles. The fourth-order valence-corrected chi connectivity index (χ4v) is 7.48. The third-order valence-corrected chi connectivity index (χ3v) is 11.0. The molecule has 3 aromatic carbocycles. The monoisotopic (exact) mass is 904 g/mol. The molecule has 0 saturated heterocycles. The van der Waals surface area contributed by atoms with Crippen molar-refractivity contribution in [1.29, 1.82) is 5.26 Å². The number of nitrogens with one attached hydrogen (secondary N) is 4. The number of nitrogen functional groups attached to an aromatic ring is 1. The molecule has 0 saturated carbocycles. The number of hydrogen-bond donors (Lipinski definition) is 8. The van der Waals surface area contributed by atoms with E-state index >= 15 is 0 Å². The third kappa shape index (κ3) is 11.9. The molecule has 5 rings (SSSR count). The third-order valence-electron chi connectivity index (χ3n) is 11.0. The lowest BCUT2D eigenvalue weighted by molar-refractivity contribution is -0.141. The lowest BCUT2D eigenvalue weighted by Gasteiger charge is -2.32. The number of anilines is 1. The van der Waals surface area contributed by atoms with Crippen LogP contribution in [0.1, 0.15) is 72.9 Å². The number of aryl methyl sites for hydroxylation is 1. The van der Waals surface area contributed by atoms with E-state index in [1.54, 1.807) is 43.3 Å². The van der Waals surface area contributed by atoms with E-state index in [0.717, 1.165) is 10.5 Å². The van der Waals surface area contributed by atoms with Gasteiger partial charge in [-0.1, -0.05) is 57.2 Å². The predicted molar refractivity (Wildman–Crippen MR) is 249 cm³/mol. The number of ether oxygens (including phenoxy) is 2. The number of nitrogens with two attached hydrogens (primary N) is 4. The molecule has 66 heavy (non-hydrogen) atoms. The number of nitrogens with zero attached hydrogens (tertiary/aromatic N) is 4. The molecule has 0 aliphatic carbocycles. The van der Waals surface area contributed by atoms with Crippen molar-refractivity contribution < 1.29 is 33.4 Å². The second-order valence-corrected chi connectivity index (χ2v) is 16.9. The van der Waals surface area contributed by atoms with Crippen LogP contribution in [0.2, 0.25) is 0 Å². The summed E-state index contributed by atoms with van der Waals surface area (Å²) in [4.78, 5) is 80.6. The number of fused-ring (bicyclic) bond motifs is 5. The summed E-state index contributed by atoms with van der Waals surface area (Å²) < 4.78 is 12.2. The molecular formula is C47H60N12O7. The Labute approximate surface area is 384 Å². The number of benzene rings is 3. The zero-order chi connectivity index (χ0) is 48.3. The summed E-state index contributed by atoms with van der Waals surface area (Å²) in [7, 11) is 1.39. The number of carbonyl (C=O) groups excluding carboxylic acids is 5. The van der Waals surface area contributed by atoms with Gasteiger partial charge in [0.1, 0.15) is 66.8 Å². The van der Waals surface area contributed by atoms with Gasteiger partial charge in [-0.15, -0.1) is 0 Å². The Morgan fingerprint density at radius 2 is 1.55 bits per heavy atom. The minimum Gasteiger partial charge on any atom is -0.492 e. The van der Waals surface area contributed by atoms with Crippen molar-refractivity contribution in [2.75, 3.05) is 52.2 Å². The first-order chi connectivity index (χ1) is 31.4. The molecule has 19 nitrogen and oxygen atoms in total. The minimum atomic E-state index is -1.43. The van der Waals surface area contributed by atoms with Crippen molar-refractivity contribution >= 4 is 35.4 Å². The first kappa shape index (κ1) is 49.9. The number of likely N-dealkylation sites (N-methyl/N-ethyl adjacent to an activating group) is 1. The Balaban J connectivity index is 1.57. The molecule has 1 aliphatic heterocycles. The minimum absolute atomic E-state index is 0.00642.